The minimum Gasteiger partial charge on any atom is -0.496 e. The zero-order chi connectivity index (χ0) is 21.8. The molecule has 0 saturated heterocycles. The number of amides is 1. The zero-order valence-corrected chi connectivity index (χ0v) is 17.8. The summed E-state index contributed by atoms with van der Waals surface area (Å²) in [5.74, 6) is 0.644. The number of likely N-dealkylation sites (N-methyl/N-ethyl adjacent to an activating group) is 1. The van der Waals surface area contributed by atoms with Crippen LogP contribution in [0.4, 0.5) is 0 Å². The number of ether oxygens (including phenoxy) is 1. The van der Waals surface area contributed by atoms with Crippen LogP contribution in [-0.2, 0) is 0 Å². The summed E-state index contributed by atoms with van der Waals surface area (Å²) in [6.45, 7) is 1.38. The fourth-order valence-corrected chi connectivity index (χ4v) is 3.55. The van der Waals surface area contributed by atoms with E-state index in [0.717, 1.165) is 40.1 Å². The normalized spacial score (nSPS) is 11.1. The van der Waals surface area contributed by atoms with Crippen LogP contribution in [0.15, 0.2) is 60.8 Å². The number of para-hydroxylation sites is 1. The molecule has 31 heavy (non-hydrogen) atoms. The Bertz CT molecular complexity index is 1220. The number of carbonyl (C=O) groups excluding carboxylic acids is 1. The molecule has 0 radical (unpaired) electrons. The fourth-order valence-electron chi connectivity index (χ4n) is 3.55. The average Bonchev–Trinajstić information content (AvgIpc) is 3.23. The number of carbonyl (C=O) groups is 1. The van der Waals surface area contributed by atoms with Gasteiger partial charge in [-0.3, -0.25) is 9.89 Å². The predicted molar refractivity (Wildman–Crippen MR) is 122 cm³/mol. The molecule has 7 nitrogen and oxygen atoms in total. The quantitative estimate of drug-likeness (QED) is 0.482. The number of nitrogens with zero attached hydrogens (tertiary/aromatic N) is 3. The molecule has 4 aromatic rings. The van der Waals surface area contributed by atoms with E-state index in [1.807, 2.05) is 73.6 Å². The van der Waals surface area contributed by atoms with E-state index in [4.69, 9.17) is 4.74 Å². The molecule has 2 heterocycles. The number of nitrogens with one attached hydrogen (secondary N) is 2. The Morgan fingerprint density at radius 3 is 2.74 bits per heavy atom. The molecule has 0 aliphatic rings. The molecule has 0 aliphatic heterocycles. The minimum absolute atomic E-state index is 0.0915. The highest BCUT2D eigenvalue weighted by Crippen LogP contribution is 2.37. The molecule has 2 N–H and O–H groups in total. The standard InChI is InChI=1S/C24H25N5O2/c1-29(2)14-13-26-24(30)17-8-6-7-16(15-17)18-11-12-25-23-21(18)22(27-28-23)19-9-4-5-10-20(19)31-3/h4-12,15H,13-14H2,1-3H3,(H,26,30)(H,25,27,28). The van der Waals surface area contributed by atoms with Crippen LogP contribution < -0.4 is 10.1 Å². The van der Waals surface area contributed by atoms with Gasteiger partial charge in [-0.2, -0.15) is 5.10 Å². The maximum Gasteiger partial charge on any atom is 0.251 e. The second-order valence-electron chi connectivity index (χ2n) is 7.49. The average molecular weight is 415 g/mol. The van der Waals surface area contributed by atoms with Crippen molar-refractivity contribution in [3.05, 3.63) is 66.4 Å². The van der Waals surface area contributed by atoms with Crippen LogP contribution in [0.5, 0.6) is 5.75 Å². The van der Waals surface area contributed by atoms with Crippen LogP contribution in [0.1, 0.15) is 10.4 Å². The molecule has 0 aliphatic carbocycles. The van der Waals surface area contributed by atoms with Gasteiger partial charge in [0.25, 0.3) is 5.91 Å². The molecule has 2 aromatic carbocycles. The minimum atomic E-state index is -0.0915. The van der Waals surface area contributed by atoms with Crippen LogP contribution in [0, 0.1) is 0 Å². The van der Waals surface area contributed by atoms with Crippen molar-refractivity contribution in [3.8, 4) is 28.1 Å². The van der Waals surface area contributed by atoms with Crippen molar-refractivity contribution in [1.29, 1.82) is 0 Å². The highest BCUT2D eigenvalue weighted by Gasteiger charge is 2.18. The first-order valence-electron chi connectivity index (χ1n) is 10.1. The van der Waals surface area contributed by atoms with Gasteiger partial charge in [-0.05, 0) is 55.6 Å². The Morgan fingerprint density at radius 2 is 1.94 bits per heavy atom. The molecule has 0 spiro atoms. The number of aromatic nitrogens is 3. The number of methoxy groups -OCH3 is 1. The van der Waals surface area contributed by atoms with E-state index in [1.165, 1.54) is 0 Å². The smallest absolute Gasteiger partial charge is 0.251 e. The lowest BCUT2D eigenvalue weighted by Gasteiger charge is -2.11. The van der Waals surface area contributed by atoms with Gasteiger partial charge < -0.3 is 15.0 Å². The first kappa shape index (κ1) is 20.6. The predicted octanol–water partition coefficient (Wildman–Crippen LogP) is 3.59. The number of pyridine rings is 1. The Labute approximate surface area is 181 Å². The summed E-state index contributed by atoms with van der Waals surface area (Å²) < 4.78 is 5.54. The van der Waals surface area contributed by atoms with Crippen LogP contribution in [0.2, 0.25) is 0 Å². The van der Waals surface area contributed by atoms with Crippen molar-refractivity contribution in [2.24, 2.45) is 0 Å². The van der Waals surface area contributed by atoms with Gasteiger partial charge in [-0.15, -0.1) is 0 Å². The molecular weight excluding hydrogens is 390 g/mol. The third kappa shape index (κ3) is 4.27. The molecular formula is C24H25N5O2. The van der Waals surface area contributed by atoms with E-state index in [2.05, 4.69) is 20.5 Å². The lowest BCUT2D eigenvalue weighted by molar-refractivity contribution is 0.0951. The third-order valence-electron chi connectivity index (χ3n) is 5.10. The van der Waals surface area contributed by atoms with E-state index in [1.54, 1.807) is 13.3 Å². The Hall–Kier alpha value is -3.71. The van der Waals surface area contributed by atoms with E-state index in [0.29, 0.717) is 17.8 Å². The van der Waals surface area contributed by atoms with Crippen molar-refractivity contribution < 1.29 is 9.53 Å². The lowest BCUT2D eigenvalue weighted by Crippen LogP contribution is -2.31. The molecule has 158 valence electrons. The molecule has 0 atom stereocenters. The Kier molecular flexibility index (Phi) is 5.95. The van der Waals surface area contributed by atoms with Crippen molar-refractivity contribution in [3.63, 3.8) is 0 Å². The topological polar surface area (TPSA) is 83.1 Å². The number of aromatic amines is 1. The third-order valence-corrected chi connectivity index (χ3v) is 5.10. The maximum atomic E-state index is 12.6. The number of hydrogen-bond acceptors (Lipinski definition) is 5. The largest absolute Gasteiger partial charge is 0.496 e. The molecule has 0 bridgehead atoms. The number of fused-ring (bicyclic) bond motifs is 1. The van der Waals surface area contributed by atoms with Gasteiger partial charge in [0.2, 0.25) is 0 Å². The summed E-state index contributed by atoms with van der Waals surface area (Å²) in [5, 5.41) is 11.4. The molecule has 1 amide bonds. The van der Waals surface area contributed by atoms with Crippen molar-refractivity contribution in [2.45, 2.75) is 0 Å². The number of H-pyrrole nitrogens is 1. The summed E-state index contributed by atoms with van der Waals surface area (Å²) in [4.78, 5) is 19.1. The van der Waals surface area contributed by atoms with E-state index in [-0.39, 0.29) is 5.91 Å². The summed E-state index contributed by atoms with van der Waals surface area (Å²) in [6.07, 6.45) is 1.74. The van der Waals surface area contributed by atoms with Gasteiger partial charge in [0.05, 0.1) is 12.5 Å². The van der Waals surface area contributed by atoms with Gasteiger partial charge in [-0.1, -0.05) is 24.3 Å². The highest BCUT2D eigenvalue weighted by atomic mass is 16.5. The van der Waals surface area contributed by atoms with Gasteiger partial charge >= 0.3 is 0 Å². The molecule has 4 rings (SSSR count). The molecule has 0 fully saturated rings. The first-order valence-corrected chi connectivity index (χ1v) is 10.1. The van der Waals surface area contributed by atoms with Crippen LogP contribution in [0.25, 0.3) is 33.4 Å². The van der Waals surface area contributed by atoms with Crippen molar-refractivity contribution >= 4 is 16.9 Å². The molecule has 2 aromatic heterocycles. The second-order valence-corrected chi connectivity index (χ2v) is 7.49. The Morgan fingerprint density at radius 1 is 1.10 bits per heavy atom. The fraction of sp³-hybridized carbons (Fsp3) is 0.208. The lowest BCUT2D eigenvalue weighted by atomic mass is 9.98. The van der Waals surface area contributed by atoms with Crippen LogP contribution in [0.3, 0.4) is 0 Å². The maximum absolute atomic E-state index is 12.6. The number of rotatable bonds is 7. The van der Waals surface area contributed by atoms with E-state index in [9.17, 15) is 4.79 Å². The van der Waals surface area contributed by atoms with E-state index < -0.39 is 0 Å². The number of benzene rings is 2. The van der Waals surface area contributed by atoms with Gasteiger partial charge in [0.1, 0.15) is 11.4 Å². The van der Waals surface area contributed by atoms with Crippen molar-refractivity contribution in [1.82, 2.24) is 25.4 Å². The van der Waals surface area contributed by atoms with Gasteiger partial charge in [-0.25, -0.2) is 4.98 Å². The van der Waals surface area contributed by atoms with Crippen LogP contribution in [-0.4, -0.2) is 60.3 Å². The van der Waals surface area contributed by atoms with E-state index >= 15 is 0 Å². The summed E-state index contributed by atoms with van der Waals surface area (Å²) >= 11 is 0. The second kappa shape index (κ2) is 8.97. The van der Waals surface area contributed by atoms with Gasteiger partial charge in [0, 0.05) is 30.4 Å². The SMILES string of the molecule is COc1ccccc1-c1n[nH]c2nccc(-c3cccc(C(=O)NCCN(C)C)c3)c12. The van der Waals surface area contributed by atoms with Crippen LogP contribution >= 0.6 is 0 Å². The summed E-state index contributed by atoms with van der Waals surface area (Å²) in [7, 11) is 5.60. The molecule has 7 heteroatoms. The first-order chi connectivity index (χ1) is 15.1. The summed E-state index contributed by atoms with van der Waals surface area (Å²) in [5.41, 5.74) is 4.80. The monoisotopic (exact) mass is 415 g/mol. The zero-order valence-electron chi connectivity index (χ0n) is 17.8. The molecule has 0 unspecified atom stereocenters. The highest BCUT2D eigenvalue weighted by molar-refractivity contribution is 6.04. The van der Waals surface area contributed by atoms with Gasteiger partial charge in [0.15, 0.2) is 5.65 Å². The van der Waals surface area contributed by atoms with Crippen molar-refractivity contribution in [2.75, 3.05) is 34.3 Å². The number of hydrogen-bond donors (Lipinski definition) is 2. The summed E-state index contributed by atoms with van der Waals surface area (Å²) in [6, 6.07) is 17.3. The molecule has 0 saturated carbocycles. The Balaban J connectivity index is 1.76.